The van der Waals surface area contributed by atoms with Crippen molar-refractivity contribution >= 4 is 44.2 Å². The van der Waals surface area contributed by atoms with Gasteiger partial charge in [-0.25, -0.2) is 23.1 Å². The lowest BCUT2D eigenvalue weighted by Gasteiger charge is -2.56. The molecule has 1 spiro atoms. The van der Waals surface area contributed by atoms with Crippen LogP contribution in [0.5, 0.6) is 11.5 Å². The van der Waals surface area contributed by atoms with E-state index in [1.165, 1.54) is 19.0 Å². The van der Waals surface area contributed by atoms with Gasteiger partial charge in [0.2, 0.25) is 5.82 Å². The van der Waals surface area contributed by atoms with Crippen molar-refractivity contribution in [2.45, 2.75) is 82.3 Å². The third kappa shape index (κ3) is 8.18. The Bertz CT molecular complexity index is 2190. The largest absolute Gasteiger partial charge is 0.455 e. The summed E-state index contributed by atoms with van der Waals surface area (Å²) in [6.07, 6.45) is 13.3. The molecule has 15 nitrogen and oxygen atoms in total. The molecular formula is C40H50N8O7S. The van der Waals surface area contributed by atoms with Crippen LogP contribution in [0.3, 0.4) is 0 Å². The van der Waals surface area contributed by atoms with Gasteiger partial charge in [-0.2, -0.15) is 0 Å². The van der Waals surface area contributed by atoms with Gasteiger partial charge >= 0.3 is 5.69 Å². The Hall–Kier alpha value is -4.80. The van der Waals surface area contributed by atoms with Crippen molar-refractivity contribution in [2.75, 3.05) is 49.5 Å². The second-order valence-corrected chi connectivity index (χ2v) is 18.0. The predicted molar refractivity (Wildman–Crippen MR) is 212 cm³/mol. The molecule has 16 heteroatoms. The number of piperidine rings is 1. The number of H-pyrrole nitrogens is 1. The van der Waals surface area contributed by atoms with Gasteiger partial charge in [0.15, 0.2) is 0 Å². The number of anilines is 2. The quantitative estimate of drug-likeness (QED) is 0.111. The number of nitrogens with zero attached hydrogens (tertiary/aromatic N) is 5. The highest BCUT2D eigenvalue weighted by atomic mass is 32.2. The molecule has 4 fully saturated rings. The zero-order valence-corrected chi connectivity index (χ0v) is 32.7. The van der Waals surface area contributed by atoms with Gasteiger partial charge in [0.05, 0.1) is 35.6 Å². The van der Waals surface area contributed by atoms with Crippen LogP contribution >= 0.6 is 0 Å². The number of nitrogens with one attached hydrogen (secondary N) is 3. The number of rotatable bonds is 11. The van der Waals surface area contributed by atoms with Crippen molar-refractivity contribution in [1.82, 2.24) is 24.6 Å². The molecular weight excluding hydrogens is 737 g/mol. The number of sulfonamides is 1. The summed E-state index contributed by atoms with van der Waals surface area (Å²) >= 11 is 0. The minimum atomic E-state index is -4.58. The summed E-state index contributed by atoms with van der Waals surface area (Å²) in [5.41, 5.74) is 1.35. The van der Waals surface area contributed by atoms with Gasteiger partial charge in [-0.1, -0.05) is 19.8 Å². The summed E-state index contributed by atoms with van der Waals surface area (Å²) in [7, 11) is -4.58. The molecule has 1 unspecified atom stereocenters. The second-order valence-electron chi connectivity index (χ2n) is 16.3. The number of aromatic nitrogens is 3. The molecule has 56 heavy (non-hydrogen) atoms. The van der Waals surface area contributed by atoms with E-state index in [1.807, 2.05) is 6.07 Å². The highest BCUT2D eigenvalue weighted by molar-refractivity contribution is 7.90. The lowest BCUT2D eigenvalue weighted by atomic mass is 9.60. The van der Waals surface area contributed by atoms with Crippen molar-refractivity contribution in [3.8, 4) is 11.5 Å². The van der Waals surface area contributed by atoms with Crippen molar-refractivity contribution in [1.29, 1.82) is 0 Å². The van der Waals surface area contributed by atoms with E-state index in [1.54, 1.807) is 30.5 Å². The fourth-order valence-corrected chi connectivity index (χ4v) is 9.90. The first-order valence-electron chi connectivity index (χ1n) is 19.7. The number of amides is 1. The highest BCUT2D eigenvalue weighted by Gasteiger charge is 2.48. The molecule has 2 aliphatic carbocycles. The van der Waals surface area contributed by atoms with E-state index in [0.29, 0.717) is 41.2 Å². The van der Waals surface area contributed by atoms with Gasteiger partial charge in [-0.15, -0.1) is 0 Å². The molecule has 0 bridgehead atoms. The molecule has 8 rings (SSSR count). The normalized spacial score (nSPS) is 23.1. The molecule has 1 aromatic carbocycles. The Balaban J connectivity index is 0.986. The van der Waals surface area contributed by atoms with Crippen LogP contribution in [0.15, 0.2) is 59.9 Å². The van der Waals surface area contributed by atoms with Gasteiger partial charge in [-0.05, 0) is 87.0 Å². The number of morpholine rings is 1. The maximum atomic E-state index is 13.8. The van der Waals surface area contributed by atoms with E-state index in [4.69, 9.17) is 9.47 Å². The van der Waals surface area contributed by atoms with Crippen molar-refractivity contribution in [3.05, 3.63) is 70.7 Å². The molecule has 1 amide bonds. The van der Waals surface area contributed by atoms with E-state index < -0.39 is 31.4 Å². The number of hydrogen-bond donors (Lipinski definition) is 3. The standard InChI is InChI=1S/C40H50N8O7S/c1-26-3-5-28(6-4-26)22-42-38-35(48(50)51)19-33(24-44-38)56(52,53)45-39(49)34-8-7-30(18-36(34)55-32-17-29-9-12-41-37(29)43-23-32)46-13-10-40(11-14-46)20-31(21-40)47-15-16-54-27(2)25-47/h7-9,12,17-19,23-24,26-28,31H,3-6,10-11,13-16,20-22,25H2,1-2H3,(H,41,43)(H,42,44)(H,45,49). The summed E-state index contributed by atoms with van der Waals surface area (Å²) in [4.78, 5) is 41.1. The minimum Gasteiger partial charge on any atom is -0.455 e. The molecule has 2 aliphatic heterocycles. The lowest BCUT2D eigenvalue weighted by molar-refractivity contribution is -0.384. The van der Waals surface area contributed by atoms with Crippen molar-refractivity contribution < 1.29 is 27.6 Å². The Morgan fingerprint density at radius 1 is 1.05 bits per heavy atom. The molecule has 0 radical (unpaired) electrons. The van der Waals surface area contributed by atoms with E-state index in [-0.39, 0.29) is 23.2 Å². The molecule has 3 aromatic heterocycles. The molecule has 4 aromatic rings. The number of carbonyl (C=O) groups is 1. The van der Waals surface area contributed by atoms with E-state index in [0.717, 1.165) is 94.6 Å². The number of aromatic amines is 1. The Morgan fingerprint density at radius 2 is 1.84 bits per heavy atom. The van der Waals surface area contributed by atoms with Crippen LogP contribution in [-0.4, -0.2) is 90.6 Å². The predicted octanol–water partition coefficient (Wildman–Crippen LogP) is 6.49. The van der Waals surface area contributed by atoms with Crippen LogP contribution in [0.4, 0.5) is 17.2 Å². The van der Waals surface area contributed by atoms with Crippen molar-refractivity contribution in [3.63, 3.8) is 0 Å². The lowest BCUT2D eigenvalue weighted by Crippen LogP contribution is -2.58. The first-order chi connectivity index (χ1) is 26.9. The van der Waals surface area contributed by atoms with Crippen LogP contribution in [-0.2, 0) is 14.8 Å². The molecule has 5 heterocycles. The number of nitro groups is 1. The zero-order chi connectivity index (χ0) is 39.0. The summed E-state index contributed by atoms with van der Waals surface area (Å²) in [6.45, 7) is 9.33. The molecule has 4 aliphatic rings. The van der Waals surface area contributed by atoms with E-state index in [9.17, 15) is 23.3 Å². The van der Waals surface area contributed by atoms with Gasteiger partial charge in [0.1, 0.15) is 22.0 Å². The Kier molecular flexibility index (Phi) is 10.6. The van der Waals surface area contributed by atoms with Gasteiger partial charge in [0.25, 0.3) is 15.9 Å². The number of fused-ring (bicyclic) bond motifs is 1. The van der Waals surface area contributed by atoms with Crippen LogP contribution < -0.4 is 19.7 Å². The molecule has 298 valence electrons. The third-order valence-electron chi connectivity index (χ3n) is 12.4. The van der Waals surface area contributed by atoms with E-state index >= 15 is 0 Å². The number of carbonyl (C=O) groups excluding carboxylic acids is 1. The summed E-state index contributed by atoms with van der Waals surface area (Å²) in [5, 5.41) is 15.9. The summed E-state index contributed by atoms with van der Waals surface area (Å²) < 4.78 is 41.3. The van der Waals surface area contributed by atoms with Crippen LogP contribution in [0, 0.1) is 27.4 Å². The van der Waals surface area contributed by atoms with Gasteiger partial charge < -0.3 is 24.7 Å². The average molecular weight is 787 g/mol. The van der Waals surface area contributed by atoms with Crippen LogP contribution in [0.1, 0.15) is 75.6 Å². The topological polar surface area (TPSA) is 185 Å². The smallest absolute Gasteiger partial charge is 0.312 e. The molecule has 2 saturated carbocycles. The minimum absolute atomic E-state index is 0.00864. The van der Waals surface area contributed by atoms with Crippen molar-refractivity contribution in [2.24, 2.45) is 17.3 Å². The summed E-state index contributed by atoms with van der Waals surface area (Å²) in [6, 6.07) is 10.3. The first-order valence-corrected chi connectivity index (χ1v) is 21.2. The van der Waals surface area contributed by atoms with E-state index in [2.05, 4.69) is 48.6 Å². The third-order valence-corrected chi connectivity index (χ3v) is 13.7. The van der Waals surface area contributed by atoms with Crippen LogP contribution in [0.2, 0.25) is 0 Å². The molecule has 1 atom stereocenters. The fraction of sp³-hybridized carbons (Fsp3) is 0.525. The number of benzene rings is 1. The van der Waals surface area contributed by atoms with Gasteiger partial charge in [-0.3, -0.25) is 19.8 Å². The SMILES string of the molecule is CC1CCC(CNc2ncc(S(=O)(=O)NC(=O)c3ccc(N4CCC5(CC4)CC(N4CCOC(C)C4)C5)cc3Oc3cnc4[nH]ccc4c3)cc2[N+](=O)[O-])CC1. The zero-order valence-electron chi connectivity index (χ0n) is 31.9. The fourth-order valence-electron chi connectivity index (χ4n) is 8.97. The number of hydrogen-bond acceptors (Lipinski definition) is 12. The molecule has 3 N–H and O–H groups in total. The Labute approximate surface area is 326 Å². The highest BCUT2D eigenvalue weighted by Crippen LogP contribution is 2.51. The Morgan fingerprint density at radius 3 is 2.59 bits per heavy atom. The second kappa shape index (κ2) is 15.6. The maximum Gasteiger partial charge on any atom is 0.312 e. The summed E-state index contributed by atoms with van der Waals surface area (Å²) in [5.74, 6) is 0.578. The first kappa shape index (κ1) is 38.1. The average Bonchev–Trinajstić information content (AvgIpc) is 3.64. The number of ether oxygens (including phenoxy) is 2. The van der Waals surface area contributed by atoms with Crippen LogP contribution in [0.25, 0.3) is 11.0 Å². The van der Waals surface area contributed by atoms with Gasteiger partial charge in [0, 0.05) is 68.2 Å². The maximum absolute atomic E-state index is 13.8. The molecule has 2 saturated heterocycles. The number of pyridine rings is 2. The monoisotopic (exact) mass is 786 g/mol.